The summed E-state index contributed by atoms with van der Waals surface area (Å²) in [5, 5.41) is 2.99. The summed E-state index contributed by atoms with van der Waals surface area (Å²) in [4.78, 5) is 16.0. The number of amides is 2. The summed E-state index contributed by atoms with van der Waals surface area (Å²) in [7, 11) is 0. The molecule has 2 heterocycles. The molecule has 0 saturated carbocycles. The van der Waals surface area contributed by atoms with Crippen molar-refractivity contribution in [2.24, 2.45) is 5.92 Å². The van der Waals surface area contributed by atoms with Crippen molar-refractivity contribution in [1.29, 1.82) is 0 Å². The monoisotopic (exact) mass is 357 g/mol. The van der Waals surface area contributed by atoms with E-state index in [1.807, 2.05) is 4.90 Å². The van der Waals surface area contributed by atoms with Crippen LogP contribution in [0.5, 0.6) is 5.75 Å². The van der Waals surface area contributed by atoms with Gasteiger partial charge in [0.15, 0.2) is 0 Å². The number of carbonyl (C=O) groups excluding carboxylic acids is 1. The van der Waals surface area contributed by atoms with Gasteiger partial charge in [0.2, 0.25) is 0 Å². The fourth-order valence-corrected chi connectivity index (χ4v) is 3.36. The Balaban J connectivity index is 1.46. The lowest BCUT2D eigenvalue weighted by Crippen LogP contribution is -2.40. The van der Waals surface area contributed by atoms with Crippen LogP contribution in [-0.4, -0.2) is 50.0 Å². The van der Waals surface area contributed by atoms with Crippen molar-refractivity contribution in [1.82, 2.24) is 10.2 Å². The summed E-state index contributed by atoms with van der Waals surface area (Å²) in [6, 6.07) is 5.92. The molecule has 25 heavy (non-hydrogen) atoms. The van der Waals surface area contributed by atoms with Crippen molar-refractivity contribution in [2.75, 3.05) is 37.6 Å². The van der Waals surface area contributed by atoms with Crippen molar-refractivity contribution in [3.8, 4) is 5.75 Å². The first-order valence-electron chi connectivity index (χ1n) is 8.54. The Labute approximate surface area is 144 Å². The van der Waals surface area contributed by atoms with Gasteiger partial charge in [-0.2, -0.15) is 0 Å². The third kappa shape index (κ3) is 4.93. The van der Waals surface area contributed by atoms with Gasteiger partial charge in [0, 0.05) is 38.4 Å². The van der Waals surface area contributed by atoms with Gasteiger partial charge in [-0.05, 0) is 49.4 Å². The maximum atomic E-state index is 12.2. The van der Waals surface area contributed by atoms with Crippen molar-refractivity contribution in [2.45, 2.75) is 25.6 Å². The molecule has 2 amide bonds. The van der Waals surface area contributed by atoms with E-state index in [4.69, 9.17) is 0 Å². The van der Waals surface area contributed by atoms with E-state index in [9.17, 15) is 18.0 Å². The number of nitrogens with one attached hydrogen (secondary N) is 1. The van der Waals surface area contributed by atoms with Crippen LogP contribution >= 0.6 is 0 Å². The number of halogens is 3. The fraction of sp³-hybridized carbons (Fsp3) is 0.588. The van der Waals surface area contributed by atoms with E-state index in [2.05, 4.69) is 15.0 Å². The molecule has 0 radical (unpaired) electrons. The Hall–Kier alpha value is -2.12. The summed E-state index contributed by atoms with van der Waals surface area (Å²) >= 11 is 0. The zero-order chi connectivity index (χ0) is 17.9. The van der Waals surface area contributed by atoms with Crippen LogP contribution in [0.3, 0.4) is 0 Å². The van der Waals surface area contributed by atoms with Gasteiger partial charge in [-0.25, -0.2) is 4.79 Å². The Kier molecular flexibility index (Phi) is 5.24. The lowest BCUT2D eigenvalue weighted by Gasteiger charge is -2.20. The number of hydrogen-bond acceptors (Lipinski definition) is 3. The average molecular weight is 357 g/mol. The molecular weight excluding hydrogens is 335 g/mol. The summed E-state index contributed by atoms with van der Waals surface area (Å²) < 4.78 is 40.4. The molecule has 2 aliphatic heterocycles. The normalized spacial score (nSPS) is 20.8. The molecule has 1 aromatic rings. The standard InChI is InChI=1S/C17H22F3N3O2/c18-17(19,20)25-15-5-3-14(4-6-15)23-10-7-13(12-23)11-21-16(24)22-8-1-2-9-22/h3-6,13H,1-2,7-12H2,(H,21,24). The highest BCUT2D eigenvalue weighted by molar-refractivity contribution is 5.74. The molecule has 5 nitrogen and oxygen atoms in total. The van der Waals surface area contributed by atoms with Crippen LogP contribution in [0.2, 0.25) is 0 Å². The van der Waals surface area contributed by atoms with Crippen LogP contribution < -0.4 is 15.0 Å². The molecule has 1 aromatic carbocycles. The number of alkyl halides is 3. The predicted molar refractivity (Wildman–Crippen MR) is 87.7 cm³/mol. The zero-order valence-corrected chi connectivity index (χ0v) is 13.9. The van der Waals surface area contributed by atoms with Crippen LogP contribution in [0.15, 0.2) is 24.3 Å². The van der Waals surface area contributed by atoms with Gasteiger partial charge < -0.3 is 19.9 Å². The van der Waals surface area contributed by atoms with E-state index in [1.54, 1.807) is 12.1 Å². The van der Waals surface area contributed by atoms with Gasteiger partial charge >= 0.3 is 12.4 Å². The number of likely N-dealkylation sites (tertiary alicyclic amines) is 1. The molecule has 0 aromatic heterocycles. The molecule has 8 heteroatoms. The van der Waals surface area contributed by atoms with E-state index in [0.717, 1.165) is 51.1 Å². The van der Waals surface area contributed by atoms with Crippen molar-refractivity contribution in [3.05, 3.63) is 24.3 Å². The van der Waals surface area contributed by atoms with Gasteiger partial charge in [-0.15, -0.1) is 13.2 Å². The number of ether oxygens (including phenoxy) is 1. The van der Waals surface area contributed by atoms with Crippen LogP contribution in [0.25, 0.3) is 0 Å². The first-order valence-corrected chi connectivity index (χ1v) is 8.54. The maximum absolute atomic E-state index is 12.2. The average Bonchev–Trinajstić information content (AvgIpc) is 3.24. The first kappa shape index (κ1) is 17.7. The summed E-state index contributed by atoms with van der Waals surface area (Å²) in [6.07, 6.45) is -1.59. The predicted octanol–water partition coefficient (Wildman–Crippen LogP) is 3.22. The van der Waals surface area contributed by atoms with Crippen molar-refractivity contribution in [3.63, 3.8) is 0 Å². The zero-order valence-electron chi connectivity index (χ0n) is 13.9. The Bertz CT molecular complexity index is 586. The minimum Gasteiger partial charge on any atom is -0.406 e. The number of rotatable bonds is 4. The van der Waals surface area contributed by atoms with Gasteiger partial charge in [0.05, 0.1) is 0 Å². The highest BCUT2D eigenvalue weighted by Gasteiger charge is 2.31. The minimum absolute atomic E-state index is 0.00426. The number of nitrogens with zero attached hydrogens (tertiary/aromatic N) is 2. The molecule has 2 aliphatic rings. The number of benzene rings is 1. The van der Waals surface area contributed by atoms with E-state index in [1.165, 1.54) is 12.1 Å². The van der Waals surface area contributed by atoms with Crippen LogP contribution in [-0.2, 0) is 0 Å². The van der Waals surface area contributed by atoms with Crippen LogP contribution in [0, 0.1) is 5.92 Å². The molecular formula is C17H22F3N3O2. The lowest BCUT2D eigenvalue weighted by molar-refractivity contribution is -0.274. The molecule has 1 N–H and O–H groups in total. The quantitative estimate of drug-likeness (QED) is 0.900. The van der Waals surface area contributed by atoms with E-state index in [0.29, 0.717) is 12.5 Å². The Morgan fingerprint density at radius 3 is 2.48 bits per heavy atom. The molecule has 3 rings (SSSR count). The molecule has 2 fully saturated rings. The molecule has 138 valence electrons. The van der Waals surface area contributed by atoms with Crippen LogP contribution in [0.1, 0.15) is 19.3 Å². The third-order valence-electron chi connectivity index (χ3n) is 4.66. The van der Waals surface area contributed by atoms with Gasteiger partial charge in [-0.3, -0.25) is 0 Å². The van der Waals surface area contributed by atoms with E-state index < -0.39 is 6.36 Å². The lowest BCUT2D eigenvalue weighted by atomic mass is 10.1. The van der Waals surface area contributed by atoms with E-state index in [-0.39, 0.29) is 11.8 Å². The molecule has 2 saturated heterocycles. The molecule has 0 bridgehead atoms. The second-order valence-electron chi connectivity index (χ2n) is 6.52. The van der Waals surface area contributed by atoms with Crippen molar-refractivity contribution >= 4 is 11.7 Å². The fourth-order valence-electron chi connectivity index (χ4n) is 3.36. The first-order chi connectivity index (χ1) is 11.9. The van der Waals surface area contributed by atoms with E-state index >= 15 is 0 Å². The maximum Gasteiger partial charge on any atom is 0.573 e. The smallest absolute Gasteiger partial charge is 0.406 e. The summed E-state index contributed by atoms with van der Waals surface area (Å²) in [5.74, 6) is 0.127. The number of hydrogen-bond donors (Lipinski definition) is 1. The Morgan fingerprint density at radius 1 is 1.16 bits per heavy atom. The summed E-state index contributed by atoms with van der Waals surface area (Å²) in [5.41, 5.74) is 0.864. The number of carbonyl (C=O) groups is 1. The second kappa shape index (κ2) is 7.41. The highest BCUT2D eigenvalue weighted by Crippen LogP contribution is 2.28. The van der Waals surface area contributed by atoms with Gasteiger partial charge in [0.25, 0.3) is 0 Å². The summed E-state index contributed by atoms with van der Waals surface area (Å²) in [6.45, 7) is 3.88. The Morgan fingerprint density at radius 2 is 1.84 bits per heavy atom. The SMILES string of the molecule is O=C(NCC1CCN(c2ccc(OC(F)(F)F)cc2)C1)N1CCCC1. The topological polar surface area (TPSA) is 44.8 Å². The molecule has 1 atom stereocenters. The molecule has 0 spiro atoms. The third-order valence-corrected chi connectivity index (χ3v) is 4.66. The van der Waals surface area contributed by atoms with Gasteiger partial charge in [0.1, 0.15) is 5.75 Å². The largest absolute Gasteiger partial charge is 0.573 e. The highest BCUT2D eigenvalue weighted by atomic mass is 19.4. The second-order valence-corrected chi connectivity index (χ2v) is 6.52. The molecule has 1 unspecified atom stereocenters. The van der Waals surface area contributed by atoms with Crippen LogP contribution in [0.4, 0.5) is 23.7 Å². The number of anilines is 1. The number of urea groups is 1. The molecule has 0 aliphatic carbocycles. The van der Waals surface area contributed by atoms with Crippen molar-refractivity contribution < 1.29 is 22.7 Å². The van der Waals surface area contributed by atoms with Gasteiger partial charge in [-0.1, -0.05) is 0 Å². The minimum atomic E-state index is -4.67.